The quantitative estimate of drug-likeness (QED) is 0.582. The molecular formula is C21H18N4O5S. The minimum Gasteiger partial charge on any atom is -0.459 e. The lowest BCUT2D eigenvalue weighted by Gasteiger charge is -2.21. The number of carbonyl (C=O) groups excluding carboxylic acids is 1. The zero-order chi connectivity index (χ0) is 22.0. The van der Waals surface area contributed by atoms with Crippen LogP contribution >= 0.6 is 0 Å². The molecule has 0 radical (unpaired) electrons. The summed E-state index contributed by atoms with van der Waals surface area (Å²) in [5, 5.41) is 8.83. The molecule has 1 unspecified atom stereocenters. The Morgan fingerprint density at radius 3 is 2.58 bits per heavy atom. The lowest BCUT2D eigenvalue weighted by atomic mass is 9.98. The van der Waals surface area contributed by atoms with E-state index in [9.17, 15) is 18.1 Å². The van der Waals surface area contributed by atoms with Crippen molar-refractivity contribution in [3.8, 4) is 0 Å². The lowest BCUT2D eigenvalue weighted by molar-refractivity contribution is 0.0678. The van der Waals surface area contributed by atoms with E-state index in [0.29, 0.717) is 23.4 Å². The molecule has 158 valence electrons. The summed E-state index contributed by atoms with van der Waals surface area (Å²) in [6.07, 6.45) is 2.88. The molecular weight excluding hydrogens is 420 g/mol. The summed E-state index contributed by atoms with van der Waals surface area (Å²) in [5.74, 6) is -0.266. The Labute approximate surface area is 178 Å². The molecule has 3 aromatic rings. The summed E-state index contributed by atoms with van der Waals surface area (Å²) in [6.45, 7) is 0. The summed E-state index contributed by atoms with van der Waals surface area (Å²) >= 11 is 0. The molecule has 0 aliphatic carbocycles. The van der Waals surface area contributed by atoms with Crippen molar-refractivity contribution in [2.75, 3.05) is 11.0 Å². The van der Waals surface area contributed by atoms with Crippen LogP contribution in [0.15, 0.2) is 81.6 Å². The van der Waals surface area contributed by atoms with Crippen LogP contribution in [0.4, 0.5) is 11.4 Å². The number of amides is 1. The van der Waals surface area contributed by atoms with Crippen LogP contribution in [0.1, 0.15) is 34.1 Å². The van der Waals surface area contributed by atoms with Gasteiger partial charge >= 0.3 is 5.91 Å². The molecule has 1 aromatic heterocycles. The average Bonchev–Trinajstić information content (AvgIpc) is 3.43. The second kappa shape index (κ2) is 8.15. The van der Waals surface area contributed by atoms with Crippen molar-refractivity contribution in [3.05, 3.63) is 88.7 Å². The molecule has 2 heterocycles. The number of benzene rings is 2. The first-order valence-corrected chi connectivity index (χ1v) is 11.2. The highest BCUT2D eigenvalue weighted by molar-refractivity contribution is 7.92. The average molecular weight is 438 g/mol. The third-order valence-electron chi connectivity index (χ3n) is 4.73. The highest BCUT2D eigenvalue weighted by atomic mass is 32.2. The first-order chi connectivity index (χ1) is 14.8. The predicted molar refractivity (Wildman–Crippen MR) is 116 cm³/mol. The van der Waals surface area contributed by atoms with Crippen molar-refractivity contribution in [1.82, 2.24) is 5.01 Å². The molecule has 0 saturated carbocycles. The highest BCUT2D eigenvalue weighted by Crippen LogP contribution is 2.35. The number of nitroso groups, excluding NO2 is 1. The fourth-order valence-electron chi connectivity index (χ4n) is 3.38. The number of hydrazone groups is 1. The Hall–Kier alpha value is -3.79. The summed E-state index contributed by atoms with van der Waals surface area (Å²) in [6, 6.07) is 16.1. The van der Waals surface area contributed by atoms with Gasteiger partial charge in [0.1, 0.15) is 5.69 Å². The van der Waals surface area contributed by atoms with Gasteiger partial charge in [0.2, 0.25) is 10.0 Å². The minimum absolute atomic E-state index is 0.146. The topological polar surface area (TPSA) is 121 Å². The Morgan fingerprint density at radius 2 is 1.94 bits per heavy atom. The number of sulfonamides is 1. The van der Waals surface area contributed by atoms with Crippen molar-refractivity contribution < 1.29 is 17.6 Å². The van der Waals surface area contributed by atoms with Crippen molar-refractivity contribution in [3.63, 3.8) is 0 Å². The van der Waals surface area contributed by atoms with Gasteiger partial charge in [-0.15, -0.1) is 4.91 Å². The second-order valence-corrected chi connectivity index (χ2v) is 8.78. The summed E-state index contributed by atoms with van der Waals surface area (Å²) in [5.41, 5.74) is 2.78. The number of rotatable bonds is 6. The molecule has 0 fully saturated rings. The molecule has 1 aliphatic rings. The monoisotopic (exact) mass is 438 g/mol. The van der Waals surface area contributed by atoms with E-state index in [2.05, 4.69) is 15.0 Å². The van der Waals surface area contributed by atoms with Gasteiger partial charge in [0, 0.05) is 12.1 Å². The molecule has 0 saturated heterocycles. The number of nitrogens with one attached hydrogen (secondary N) is 1. The highest BCUT2D eigenvalue weighted by Gasteiger charge is 2.35. The Morgan fingerprint density at radius 1 is 1.16 bits per heavy atom. The molecule has 1 aliphatic heterocycles. The van der Waals surface area contributed by atoms with E-state index in [1.165, 1.54) is 11.3 Å². The number of hydrogen-bond acceptors (Lipinski definition) is 7. The fourth-order valence-corrected chi connectivity index (χ4v) is 3.94. The Bertz CT molecular complexity index is 1250. The van der Waals surface area contributed by atoms with Crippen LogP contribution in [0.5, 0.6) is 0 Å². The molecule has 10 heteroatoms. The van der Waals surface area contributed by atoms with E-state index < -0.39 is 22.0 Å². The van der Waals surface area contributed by atoms with Crippen molar-refractivity contribution in [2.45, 2.75) is 12.5 Å². The molecule has 0 spiro atoms. The number of anilines is 1. The Kier molecular flexibility index (Phi) is 5.38. The Balaban J connectivity index is 1.68. The van der Waals surface area contributed by atoms with E-state index in [1.54, 1.807) is 60.7 Å². The summed E-state index contributed by atoms with van der Waals surface area (Å²) in [7, 11) is -3.38. The van der Waals surface area contributed by atoms with Gasteiger partial charge in [0.15, 0.2) is 5.76 Å². The lowest BCUT2D eigenvalue weighted by Crippen LogP contribution is -2.26. The van der Waals surface area contributed by atoms with Crippen LogP contribution in [0.2, 0.25) is 0 Å². The number of nitrogens with zero attached hydrogens (tertiary/aromatic N) is 3. The van der Waals surface area contributed by atoms with Gasteiger partial charge in [-0.05, 0) is 52.7 Å². The van der Waals surface area contributed by atoms with Gasteiger partial charge in [-0.2, -0.15) is 5.10 Å². The van der Waals surface area contributed by atoms with E-state index in [1.807, 2.05) is 0 Å². The van der Waals surface area contributed by atoms with E-state index in [0.717, 1.165) is 11.8 Å². The summed E-state index contributed by atoms with van der Waals surface area (Å²) in [4.78, 5) is 24.0. The second-order valence-electron chi connectivity index (χ2n) is 7.03. The zero-order valence-electron chi connectivity index (χ0n) is 16.4. The first kappa shape index (κ1) is 20.5. The van der Waals surface area contributed by atoms with Crippen molar-refractivity contribution in [1.29, 1.82) is 0 Å². The summed E-state index contributed by atoms with van der Waals surface area (Å²) < 4.78 is 30.5. The van der Waals surface area contributed by atoms with Gasteiger partial charge in [-0.3, -0.25) is 9.52 Å². The van der Waals surface area contributed by atoms with Crippen LogP contribution in [0.3, 0.4) is 0 Å². The van der Waals surface area contributed by atoms with Crippen LogP contribution in [0.25, 0.3) is 0 Å². The molecule has 1 N–H and O–H groups in total. The largest absolute Gasteiger partial charge is 0.459 e. The molecule has 9 nitrogen and oxygen atoms in total. The van der Waals surface area contributed by atoms with Gasteiger partial charge in [0.25, 0.3) is 0 Å². The number of furan rings is 1. The van der Waals surface area contributed by atoms with Crippen LogP contribution in [-0.4, -0.2) is 31.3 Å². The zero-order valence-corrected chi connectivity index (χ0v) is 17.2. The molecule has 0 bridgehead atoms. The normalized spacial score (nSPS) is 16.1. The van der Waals surface area contributed by atoms with Crippen LogP contribution in [-0.2, 0) is 10.0 Å². The third kappa shape index (κ3) is 4.53. The minimum atomic E-state index is -3.38. The molecule has 31 heavy (non-hydrogen) atoms. The van der Waals surface area contributed by atoms with Crippen LogP contribution in [0, 0.1) is 4.91 Å². The maximum absolute atomic E-state index is 13.0. The molecule has 2 aromatic carbocycles. The van der Waals surface area contributed by atoms with Crippen molar-refractivity contribution in [2.24, 2.45) is 10.3 Å². The number of carbonyl (C=O) groups is 1. The van der Waals surface area contributed by atoms with Gasteiger partial charge in [0.05, 0.1) is 24.3 Å². The maximum atomic E-state index is 13.0. The smallest absolute Gasteiger partial charge is 0.310 e. The van der Waals surface area contributed by atoms with E-state index in [-0.39, 0.29) is 11.4 Å². The first-order valence-electron chi connectivity index (χ1n) is 9.30. The maximum Gasteiger partial charge on any atom is 0.310 e. The SMILES string of the molecule is CS(=O)(=O)Nc1ccc(C2=NN(C(=O)c3ccco3)C(c3cccc(N=O)c3)C2)cc1. The molecule has 1 atom stereocenters. The van der Waals surface area contributed by atoms with Crippen LogP contribution < -0.4 is 4.72 Å². The standard InChI is InChI=1S/C21H18N4O5S/c1-31(28,29)24-16-9-7-14(8-10-16)18-13-19(15-4-2-5-17(12-15)23-27)25(22-18)21(26)20-6-3-11-30-20/h2-12,19,24H,13H2,1H3. The van der Waals surface area contributed by atoms with Crippen molar-refractivity contribution >= 4 is 33.0 Å². The predicted octanol–water partition coefficient (Wildman–Crippen LogP) is 4.04. The number of hydrogen-bond donors (Lipinski definition) is 1. The van der Waals surface area contributed by atoms with Gasteiger partial charge in [-0.1, -0.05) is 24.3 Å². The van der Waals surface area contributed by atoms with Gasteiger partial charge < -0.3 is 4.42 Å². The van der Waals surface area contributed by atoms with E-state index >= 15 is 0 Å². The van der Waals surface area contributed by atoms with Gasteiger partial charge in [-0.25, -0.2) is 13.4 Å². The third-order valence-corrected chi connectivity index (χ3v) is 5.34. The fraction of sp³-hybridized carbons (Fsp3) is 0.143. The van der Waals surface area contributed by atoms with E-state index in [4.69, 9.17) is 4.42 Å². The molecule has 4 rings (SSSR count). The molecule has 1 amide bonds.